The number of rotatable bonds is 13. The van der Waals surface area contributed by atoms with Crippen molar-refractivity contribution in [3.63, 3.8) is 0 Å². The highest BCUT2D eigenvalue weighted by Gasteiger charge is 2.09. The van der Waals surface area contributed by atoms with Crippen molar-refractivity contribution in [2.45, 2.75) is 88.9 Å². The van der Waals surface area contributed by atoms with Gasteiger partial charge in [0.2, 0.25) is 0 Å². The zero-order valence-electron chi connectivity index (χ0n) is 14.5. The number of unbranched alkanes of at least 4 members (excludes halogenated alkanes) is 10. The molecule has 0 unspecified atom stereocenters. The quantitative estimate of drug-likeness (QED) is 0.365. The van der Waals surface area contributed by atoms with Crippen LogP contribution in [-0.2, 0) is 16.5 Å². The summed E-state index contributed by atoms with van der Waals surface area (Å²) in [5, 5.41) is 0. The topological polar surface area (TPSA) is 54.4 Å². The normalized spacial score (nSPS) is 11.7. The first kappa shape index (κ1) is 20.2. The predicted octanol–water partition coefficient (Wildman–Crippen LogP) is 5.79. The second-order valence-corrected chi connectivity index (χ2v) is 7.83. The van der Waals surface area contributed by atoms with Gasteiger partial charge in [-0.15, -0.1) is 0 Å². The molecule has 1 rings (SSSR count). The maximum Gasteiger partial charge on any atom is 0.294 e. The summed E-state index contributed by atoms with van der Waals surface area (Å²) in [6, 6.07) is 6.62. The van der Waals surface area contributed by atoms with Gasteiger partial charge in [-0.2, -0.15) is 8.42 Å². The third-order valence-corrected chi connectivity index (χ3v) is 5.11. The van der Waals surface area contributed by atoms with Crippen LogP contribution in [0.3, 0.4) is 0 Å². The minimum absolute atomic E-state index is 0.00178. The lowest BCUT2D eigenvalue weighted by molar-refractivity contribution is 0.483. The zero-order valence-corrected chi connectivity index (χ0v) is 15.3. The fourth-order valence-corrected chi connectivity index (χ4v) is 3.41. The van der Waals surface area contributed by atoms with E-state index in [4.69, 9.17) is 4.55 Å². The van der Waals surface area contributed by atoms with Gasteiger partial charge in [-0.05, 0) is 30.5 Å². The van der Waals surface area contributed by atoms with Gasteiger partial charge in [-0.1, -0.05) is 83.3 Å². The largest absolute Gasteiger partial charge is 0.294 e. The van der Waals surface area contributed by atoms with Crippen molar-refractivity contribution in [1.29, 1.82) is 0 Å². The molecule has 0 aliphatic heterocycles. The van der Waals surface area contributed by atoms with Gasteiger partial charge >= 0.3 is 0 Å². The first-order chi connectivity index (χ1) is 11.0. The van der Waals surface area contributed by atoms with Crippen molar-refractivity contribution in [3.8, 4) is 0 Å². The molecule has 1 N–H and O–H groups in total. The molecule has 0 spiro atoms. The van der Waals surface area contributed by atoms with E-state index >= 15 is 0 Å². The van der Waals surface area contributed by atoms with Crippen molar-refractivity contribution < 1.29 is 13.0 Å². The van der Waals surface area contributed by atoms with E-state index in [0.717, 1.165) is 18.4 Å². The second-order valence-electron chi connectivity index (χ2n) is 6.41. The summed E-state index contributed by atoms with van der Waals surface area (Å²) in [7, 11) is -4.08. The van der Waals surface area contributed by atoms with Crippen LogP contribution in [0.15, 0.2) is 29.2 Å². The molecule has 0 radical (unpaired) electrons. The van der Waals surface area contributed by atoms with Crippen LogP contribution in [0.1, 0.15) is 83.1 Å². The van der Waals surface area contributed by atoms with Gasteiger partial charge in [0.05, 0.1) is 4.90 Å². The third kappa shape index (κ3) is 9.77. The highest BCUT2D eigenvalue weighted by molar-refractivity contribution is 7.85. The smallest absolute Gasteiger partial charge is 0.282 e. The highest BCUT2D eigenvalue weighted by Crippen LogP contribution is 2.15. The van der Waals surface area contributed by atoms with Crippen LogP contribution in [0.2, 0.25) is 0 Å². The van der Waals surface area contributed by atoms with Gasteiger partial charge in [0.15, 0.2) is 0 Å². The Morgan fingerprint density at radius 1 is 0.826 bits per heavy atom. The van der Waals surface area contributed by atoms with E-state index in [1.807, 2.05) is 6.07 Å². The number of hydrogen-bond acceptors (Lipinski definition) is 2. The Bertz CT molecular complexity index is 523. The molecule has 0 fully saturated rings. The monoisotopic (exact) mass is 340 g/mol. The Kier molecular flexibility index (Phi) is 10.2. The SMILES string of the molecule is CCCCCCCCCCCCCc1cccc(S(=O)(=O)O)c1. The molecule has 23 heavy (non-hydrogen) atoms. The summed E-state index contributed by atoms with van der Waals surface area (Å²) in [5.41, 5.74) is 0.982. The fraction of sp³-hybridized carbons (Fsp3) is 0.684. The van der Waals surface area contributed by atoms with Crippen molar-refractivity contribution in [3.05, 3.63) is 29.8 Å². The van der Waals surface area contributed by atoms with E-state index in [9.17, 15) is 8.42 Å². The van der Waals surface area contributed by atoms with E-state index in [1.54, 1.807) is 12.1 Å². The van der Waals surface area contributed by atoms with Crippen molar-refractivity contribution in [2.75, 3.05) is 0 Å². The standard InChI is InChI=1S/C19H32O3S/c1-2-3-4-5-6-7-8-9-10-11-12-14-18-15-13-16-19(17-18)23(20,21)22/h13,15-17H,2-12,14H2,1H3,(H,20,21,22). The number of aryl methyl sites for hydroxylation is 1. The van der Waals surface area contributed by atoms with Crippen LogP contribution in [0.5, 0.6) is 0 Å². The summed E-state index contributed by atoms with van der Waals surface area (Å²) in [4.78, 5) is -0.00178. The highest BCUT2D eigenvalue weighted by atomic mass is 32.2. The summed E-state index contributed by atoms with van der Waals surface area (Å²) < 4.78 is 31.2. The predicted molar refractivity (Wildman–Crippen MR) is 96.4 cm³/mol. The summed E-state index contributed by atoms with van der Waals surface area (Å²) in [6.45, 7) is 2.25. The molecule has 1 aromatic rings. The second kappa shape index (κ2) is 11.6. The van der Waals surface area contributed by atoms with Gasteiger partial charge in [0, 0.05) is 0 Å². The van der Waals surface area contributed by atoms with Gasteiger partial charge in [-0.3, -0.25) is 4.55 Å². The van der Waals surface area contributed by atoms with E-state index in [0.29, 0.717) is 0 Å². The number of hydrogen-bond donors (Lipinski definition) is 1. The molecule has 0 aliphatic rings. The van der Waals surface area contributed by atoms with Crippen molar-refractivity contribution >= 4 is 10.1 Å². The summed E-state index contributed by atoms with van der Waals surface area (Å²) >= 11 is 0. The van der Waals surface area contributed by atoms with E-state index in [2.05, 4.69) is 6.92 Å². The molecule has 0 heterocycles. The number of benzene rings is 1. The molecule has 0 aromatic heterocycles. The first-order valence-corrected chi connectivity index (χ1v) is 10.5. The fourth-order valence-electron chi connectivity index (χ4n) is 2.85. The van der Waals surface area contributed by atoms with Crippen LogP contribution in [0.25, 0.3) is 0 Å². The molecule has 0 amide bonds. The Labute approximate surface area is 142 Å². The summed E-state index contributed by atoms with van der Waals surface area (Å²) in [6.07, 6.45) is 15.2. The molecule has 0 aliphatic carbocycles. The molecule has 0 bridgehead atoms. The zero-order chi connectivity index (χ0) is 17.0. The molecule has 3 nitrogen and oxygen atoms in total. The molecule has 1 aromatic carbocycles. The Morgan fingerprint density at radius 3 is 1.87 bits per heavy atom. The lowest BCUT2D eigenvalue weighted by atomic mass is 10.0. The molecule has 0 atom stereocenters. The molecular formula is C19H32O3S. The summed E-state index contributed by atoms with van der Waals surface area (Å²) in [5.74, 6) is 0. The minimum atomic E-state index is -4.08. The minimum Gasteiger partial charge on any atom is -0.282 e. The molecular weight excluding hydrogens is 308 g/mol. The molecule has 0 saturated carbocycles. The maximum absolute atomic E-state index is 11.1. The van der Waals surface area contributed by atoms with Gasteiger partial charge < -0.3 is 0 Å². The van der Waals surface area contributed by atoms with Gasteiger partial charge in [-0.25, -0.2) is 0 Å². The van der Waals surface area contributed by atoms with E-state index in [1.165, 1.54) is 70.3 Å². The Morgan fingerprint density at radius 2 is 1.35 bits per heavy atom. The maximum atomic E-state index is 11.1. The molecule has 4 heteroatoms. The third-order valence-electron chi connectivity index (χ3n) is 4.27. The first-order valence-electron chi connectivity index (χ1n) is 9.10. The Balaban J connectivity index is 2.05. The Hall–Kier alpha value is -0.870. The lowest BCUT2D eigenvalue weighted by Gasteiger charge is -2.04. The van der Waals surface area contributed by atoms with Gasteiger partial charge in [0.25, 0.3) is 10.1 Å². The lowest BCUT2D eigenvalue weighted by Crippen LogP contribution is -1.98. The van der Waals surface area contributed by atoms with E-state index < -0.39 is 10.1 Å². The van der Waals surface area contributed by atoms with Crippen LogP contribution in [0.4, 0.5) is 0 Å². The van der Waals surface area contributed by atoms with Crippen LogP contribution < -0.4 is 0 Å². The van der Waals surface area contributed by atoms with Gasteiger partial charge in [0.1, 0.15) is 0 Å². The van der Waals surface area contributed by atoms with Crippen LogP contribution in [0, 0.1) is 0 Å². The average Bonchev–Trinajstić information content (AvgIpc) is 2.52. The van der Waals surface area contributed by atoms with Crippen molar-refractivity contribution in [1.82, 2.24) is 0 Å². The van der Waals surface area contributed by atoms with Crippen molar-refractivity contribution in [2.24, 2.45) is 0 Å². The van der Waals surface area contributed by atoms with Crippen LogP contribution >= 0.6 is 0 Å². The average molecular weight is 341 g/mol. The molecule has 0 saturated heterocycles. The van der Waals surface area contributed by atoms with E-state index in [-0.39, 0.29) is 4.90 Å². The van der Waals surface area contributed by atoms with Crippen LogP contribution in [-0.4, -0.2) is 13.0 Å². The molecule has 132 valence electrons.